The second-order valence-corrected chi connectivity index (χ2v) is 4.59. The van der Waals surface area contributed by atoms with Crippen LogP contribution in [-0.4, -0.2) is 6.61 Å². The highest BCUT2D eigenvalue weighted by Crippen LogP contribution is 2.43. The molecule has 1 aromatic carbocycles. The molecule has 82 valence electrons. The minimum Gasteiger partial charge on any atom is -0.493 e. The van der Waals surface area contributed by atoms with E-state index in [4.69, 9.17) is 4.74 Å². The van der Waals surface area contributed by atoms with E-state index in [1.165, 1.54) is 24.0 Å². The largest absolute Gasteiger partial charge is 0.493 e. The van der Waals surface area contributed by atoms with Gasteiger partial charge in [-0.2, -0.15) is 0 Å². The molecule has 0 aromatic heterocycles. The number of hydrogen-bond donors (Lipinski definition) is 0. The lowest BCUT2D eigenvalue weighted by atomic mass is 9.72. The first-order valence-corrected chi connectivity index (χ1v) is 5.96. The molecule has 0 atom stereocenters. The van der Waals surface area contributed by atoms with Gasteiger partial charge >= 0.3 is 0 Å². The Hall–Kier alpha value is -0.980. The average molecular weight is 204 g/mol. The molecule has 0 amide bonds. The van der Waals surface area contributed by atoms with Gasteiger partial charge in [0.25, 0.3) is 0 Å². The van der Waals surface area contributed by atoms with Crippen LogP contribution in [0, 0.1) is 6.92 Å². The van der Waals surface area contributed by atoms with Crippen LogP contribution in [0.5, 0.6) is 5.75 Å². The highest BCUT2D eigenvalue weighted by atomic mass is 16.5. The maximum absolute atomic E-state index is 5.76. The number of hydrogen-bond acceptors (Lipinski definition) is 1. The van der Waals surface area contributed by atoms with Crippen LogP contribution in [0.1, 0.15) is 44.2 Å². The third-order valence-electron chi connectivity index (χ3n) is 3.90. The van der Waals surface area contributed by atoms with Crippen molar-refractivity contribution in [2.75, 3.05) is 6.61 Å². The number of fused-ring (bicyclic) bond motifs is 1. The smallest absolute Gasteiger partial charge is 0.123 e. The Morgan fingerprint density at radius 1 is 1.27 bits per heavy atom. The van der Waals surface area contributed by atoms with Gasteiger partial charge in [-0.25, -0.2) is 0 Å². The summed E-state index contributed by atoms with van der Waals surface area (Å²) in [6.45, 7) is 7.58. The molecule has 0 fully saturated rings. The van der Waals surface area contributed by atoms with Gasteiger partial charge in [-0.05, 0) is 37.8 Å². The molecule has 1 heterocycles. The lowest BCUT2D eigenvalue weighted by Gasteiger charge is -2.37. The fraction of sp³-hybridized carbons (Fsp3) is 0.571. The van der Waals surface area contributed by atoms with Crippen molar-refractivity contribution in [2.45, 2.75) is 45.4 Å². The van der Waals surface area contributed by atoms with Crippen LogP contribution in [0.15, 0.2) is 18.2 Å². The van der Waals surface area contributed by atoms with Gasteiger partial charge in [0.2, 0.25) is 0 Å². The van der Waals surface area contributed by atoms with Crippen molar-refractivity contribution in [1.29, 1.82) is 0 Å². The average Bonchev–Trinajstić information content (AvgIpc) is 2.27. The van der Waals surface area contributed by atoms with Crippen LogP contribution in [0.3, 0.4) is 0 Å². The van der Waals surface area contributed by atoms with E-state index in [0.29, 0.717) is 5.41 Å². The first kappa shape index (κ1) is 10.5. The van der Waals surface area contributed by atoms with Crippen LogP contribution in [0.25, 0.3) is 0 Å². The molecule has 2 rings (SSSR count). The van der Waals surface area contributed by atoms with Crippen molar-refractivity contribution < 1.29 is 4.74 Å². The minimum atomic E-state index is 0.362. The fourth-order valence-corrected chi connectivity index (χ4v) is 2.66. The first-order chi connectivity index (χ1) is 7.22. The van der Waals surface area contributed by atoms with E-state index in [-0.39, 0.29) is 0 Å². The quantitative estimate of drug-likeness (QED) is 0.711. The van der Waals surface area contributed by atoms with Gasteiger partial charge in [-0.3, -0.25) is 0 Å². The predicted octanol–water partition coefficient (Wildman–Crippen LogP) is 3.84. The van der Waals surface area contributed by atoms with Crippen LogP contribution < -0.4 is 4.74 Å². The zero-order valence-electron chi connectivity index (χ0n) is 9.97. The van der Waals surface area contributed by atoms with Gasteiger partial charge in [0.1, 0.15) is 5.75 Å². The normalized spacial score (nSPS) is 18.1. The molecule has 1 aliphatic rings. The topological polar surface area (TPSA) is 9.23 Å². The summed E-state index contributed by atoms with van der Waals surface area (Å²) in [4.78, 5) is 0. The molecule has 1 nitrogen and oxygen atoms in total. The maximum Gasteiger partial charge on any atom is 0.123 e. The SMILES string of the molecule is CCC1(CC)CCOc2cc(C)ccc21. The molecule has 1 heteroatoms. The lowest BCUT2D eigenvalue weighted by Crippen LogP contribution is -2.31. The zero-order chi connectivity index (χ0) is 10.9. The third kappa shape index (κ3) is 1.64. The van der Waals surface area contributed by atoms with E-state index < -0.39 is 0 Å². The maximum atomic E-state index is 5.76. The molecule has 0 aliphatic carbocycles. The van der Waals surface area contributed by atoms with Crippen molar-refractivity contribution in [2.24, 2.45) is 0 Å². The molecule has 0 N–H and O–H groups in total. The molecule has 1 aromatic rings. The van der Waals surface area contributed by atoms with Crippen LogP contribution in [-0.2, 0) is 5.41 Å². The monoisotopic (exact) mass is 204 g/mol. The number of rotatable bonds is 2. The number of aryl methyl sites for hydroxylation is 1. The Balaban J connectivity index is 2.50. The van der Waals surface area contributed by atoms with E-state index in [1.807, 2.05) is 0 Å². The number of ether oxygens (including phenoxy) is 1. The fourth-order valence-electron chi connectivity index (χ4n) is 2.66. The van der Waals surface area contributed by atoms with E-state index in [0.717, 1.165) is 18.8 Å². The highest BCUT2D eigenvalue weighted by molar-refractivity contribution is 5.43. The molecular formula is C14H20O. The van der Waals surface area contributed by atoms with Gasteiger partial charge in [0.05, 0.1) is 6.61 Å². The van der Waals surface area contributed by atoms with Crippen LogP contribution in [0.2, 0.25) is 0 Å². The van der Waals surface area contributed by atoms with E-state index in [1.54, 1.807) is 0 Å². The summed E-state index contributed by atoms with van der Waals surface area (Å²) in [6.07, 6.45) is 3.59. The Kier molecular flexibility index (Phi) is 2.72. The Morgan fingerprint density at radius 3 is 2.67 bits per heavy atom. The molecule has 0 unspecified atom stereocenters. The van der Waals surface area contributed by atoms with Gasteiger partial charge in [0, 0.05) is 11.0 Å². The minimum absolute atomic E-state index is 0.362. The summed E-state index contributed by atoms with van der Waals surface area (Å²) in [5, 5.41) is 0. The van der Waals surface area contributed by atoms with Crippen molar-refractivity contribution in [1.82, 2.24) is 0 Å². The predicted molar refractivity (Wildman–Crippen MR) is 63.6 cm³/mol. The van der Waals surface area contributed by atoms with Crippen molar-refractivity contribution in [3.63, 3.8) is 0 Å². The summed E-state index contributed by atoms with van der Waals surface area (Å²) in [5.41, 5.74) is 3.07. The zero-order valence-corrected chi connectivity index (χ0v) is 9.97. The summed E-state index contributed by atoms with van der Waals surface area (Å²) in [7, 11) is 0. The molecule has 0 spiro atoms. The molecule has 0 saturated carbocycles. The Morgan fingerprint density at radius 2 is 2.00 bits per heavy atom. The van der Waals surface area contributed by atoms with Crippen molar-refractivity contribution in [3.8, 4) is 5.75 Å². The van der Waals surface area contributed by atoms with Gasteiger partial charge < -0.3 is 4.74 Å². The highest BCUT2D eigenvalue weighted by Gasteiger charge is 2.34. The van der Waals surface area contributed by atoms with E-state index in [9.17, 15) is 0 Å². The van der Waals surface area contributed by atoms with E-state index in [2.05, 4.69) is 39.0 Å². The van der Waals surface area contributed by atoms with Crippen LogP contribution >= 0.6 is 0 Å². The standard InChI is InChI=1S/C14H20O/c1-4-14(5-2)8-9-15-13-10-11(3)6-7-12(13)14/h6-7,10H,4-5,8-9H2,1-3H3. The summed E-state index contributed by atoms with van der Waals surface area (Å²) < 4.78 is 5.76. The van der Waals surface area contributed by atoms with Crippen molar-refractivity contribution in [3.05, 3.63) is 29.3 Å². The Labute approximate surface area is 92.5 Å². The number of benzene rings is 1. The van der Waals surface area contributed by atoms with Gasteiger partial charge in [-0.15, -0.1) is 0 Å². The molecule has 0 bridgehead atoms. The van der Waals surface area contributed by atoms with Crippen molar-refractivity contribution >= 4 is 0 Å². The molecule has 0 radical (unpaired) electrons. The second kappa shape index (κ2) is 3.88. The molecule has 15 heavy (non-hydrogen) atoms. The lowest BCUT2D eigenvalue weighted by molar-refractivity contribution is 0.204. The molecule has 0 saturated heterocycles. The summed E-state index contributed by atoms with van der Waals surface area (Å²) in [5.74, 6) is 1.12. The van der Waals surface area contributed by atoms with Gasteiger partial charge in [-0.1, -0.05) is 26.0 Å². The second-order valence-electron chi connectivity index (χ2n) is 4.59. The molecule has 1 aliphatic heterocycles. The third-order valence-corrected chi connectivity index (χ3v) is 3.90. The van der Waals surface area contributed by atoms with Gasteiger partial charge in [0.15, 0.2) is 0 Å². The van der Waals surface area contributed by atoms with Crippen LogP contribution in [0.4, 0.5) is 0 Å². The Bertz CT molecular complexity index is 350. The summed E-state index contributed by atoms with van der Waals surface area (Å²) >= 11 is 0. The summed E-state index contributed by atoms with van der Waals surface area (Å²) in [6, 6.07) is 6.64. The van der Waals surface area contributed by atoms with E-state index >= 15 is 0 Å². The molecular weight excluding hydrogens is 184 g/mol. The first-order valence-electron chi connectivity index (χ1n) is 5.96.